The molecule has 0 amide bonds. The quantitative estimate of drug-likeness (QED) is 0.534. The molecule has 1 unspecified atom stereocenters. The van der Waals surface area contributed by atoms with Crippen LogP contribution in [0, 0.1) is 6.92 Å². The van der Waals surface area contributed by atoms with Gasteiger partial charge in [0.1, 0.15) is 0 Å². The van der Waals surface area contributed by atoms with Gasteiger partial charge in [0.25, 0.3) is 0 Å². The lowest BCUT2D eigenvalue weighted by Gasteiger charge is -2.13. The summed E-state index contributed by atoms with van der Waals surface area (Å²) in [6.07, 6.45) is -1.17. The number of hydrogen-bond donors (Lipinski definition) is 1. The van der Waals surface area contributed by atoms with E-state index in [1.807, 2.05) is 6.92 Å². The van der Waals surface area contributed by atoms with Crippen LogP contribution in [0.2, 0.25) is 5.02 Å². The van der Waals surface area contributed by atoms with Crippen LogP contribution in [0.4, 0.5) is 0 Å². The molecule has 0 aromatic heterocycles. The van der Waals surface area contributed by atoms with E-state index >= 15 is 0 Å². The fraction of sp³-hybridized carbons (Fsp3) is 0.263. The summed E-state index contributed by atoms with van der Waals surface area (Å²) in [7, 11) is -3.70. The average Bonchev–Trinajstić information content (AvgIpc) is 2.62. The van der Waals surface area contributed by atoms with Crippen LogP contribution in [-0.4, -0.2) is 32.8 Å². The molecule has 2 aromatic carbocycles. The summed E-state index contributed by atoms with van der Waals surface area (Å²) in [5.74, 6) is -1.03. The fourth-order valence-electron chi connectivity index (χ4n) is 2.25. The van der Waals surface area contributed by atoms with Gasteiger partial charge in [0.05, 0.1) is 11.3 Å². The molecular formula is C19H20ClNO5S. The fourth-order valence-corrected chi connectivity index (χ4v) is 3.40. The van der Waals surface area contributed by atoms with Gasteiger partial charge in [-0.3, -0.25) is 9.59 Å². The molecule has 6 nitrogen and oxygen atoms in total. The lowest BCUT2D eigenvalue weighted by molar-refractivity contribution is -0.146. The van der Waals surface area contributed by atoms with Gasteiger partial charge in [-0.25, -0.2) is 13.1 Å². The summed E-state index contributed by atoms with van der Waals surface area (Å²) in [5, 5.41) is 0.497. The number of benzene rings is 2. The van der Waals surface area contributed by atoms with E-state index in [9.17, 15) is 18.0 Å². The van der Waals surface area contributed by atoms with E-state index in [-0.39, 0.29) is 23.6 Å². The van der Waals surface area contributed by atoms with Gasteiger partial charge in [0.2, 0.25) is 15.8 Å². The van der Waals surface area contributed by atoms with Crippen LogP contribution in [-0.2, 0) is 19.6 Å². The van der Waals surface area contributed by atoms with Crippen molar-refractivity contribution in [1.82, 2.24) is 4.72 Å². The number of sulfonamides is 1. The van der Waals surface area contributed by atoms with Gasteiger partial charge in [-0.2, -0.15) is 0 Å². The Hall–Kier alpha value is -2.22. The molecule has 8 heteroatoms. The Bertz CT molecular complexity index is 908. The van der Waals surface area contributed by atoms with E-state index in [4.69, 9.17) is 16.3 Å². The van der Waals surface area contributed by atoms with Crippen molar-refractivity contribution in [1.29, 1.82) is 0 Å². The standard InChI is InChI=1S/C19H20ClNO5S/c1-13-3-9-17(10-4-13)27(24,25)21-12-11-18(22)26-14(2)19(23)15-5-7-16(20)8-6-15/h3-10,14,21H,11-12H2,1-2H3. The number of halogens is 1. The van der Waals surface area contributed by atoms with Crippen molar-refractivity contribution in [2.45, 2.75) is 31.3 Å². The Morgan fingerprint density at radius 3 is 2.26 bits per heavy atom. The molecule has 27 heavy (non-hydrogen) atoms. The molecule has 0 radical (unpaired) electrons. The zero-order valence-electron chi connectivity index (χ0n) is 14.9. The van der Waals surface area contributed by atoms with Crippen molar-refractivity contribution in [3.63, 3.8) is 0 Å². The van der Waals surface area contributed by atoms with Crippen LogP contribution in [0.3, 0.4) is 0 Å². The predicted molar refractivity (Wildman–Crippen MR) is 102 cm³/mol. The number of carbonyl (C=O) groups excluding carboxylic acids is 2. The Labute approximate surface area is 163 Å². The molecule has 0 saturated carbocycles. The van der Waals surface area contributed by atoms with Crippen molar-refractivity contribution in [2.75, 3.05) is 6.54 Å². The number of aryl methyl sites for hydroxylation is 1. The molecular weight excluding hydrogens is 390 g/mol. The van der Waals surface area contributed by atoms with Crippen LogP contribution >= 0.6 is 11.6 Å². The molecule has 0 spiro atoms. The number of Topliss-reactive ketones (excluding diaryl/α,β-unsaturated/α-hetero) is 1. The maximum Gasteiger partial charge on any atom is 0.307 e. The van der Waals surface area contributed by atoms with E-state index in [2.05, 4.69) is 4.72 Å². The molecule has 0 aliphatic carbocycles. The van der Waals surface area contributed by atoms with Crippen molar-refractivity contribution in [3.8, 4) is 0 Å². The normalized spacial score (nSPS) is 12.4. The van der Waals surface area contributed by atoms with Crippen molar-refractivity contribution in [2.24, 2.45) is 0 Å². The second-order valence-corrected chi connectivity index (χ2v) is 8.17. The number of hydrogen-bond acceptors (Lipinski definition) is 5. The highest BCUT2D eigenvalue weighted by atomic mass is 35.5. The highest BCUT2D eigenvalue weighted by molar-refractivity contribution is 7.89. The minimum atomic E-state index is -3.70. The lowest BCUT2D eigenvalue weighted by atomic mass is 10.1. The Balaban J connectivity index is 1.84. The van der Waals surface area contributed by atoms with Gasteiger partial charge >= 0.3 is 5.97 Å². The van der Waals surface area contributed by atoms with Gasteiger partial charge < -0.3 is 4.74 Å². The van der Waals surface area contributed by atoms with Crippen molar-refractivity contribution >= 4 is 33.4 Å². The summed E-state index contributed by atoms with van der Waals surface area (Å²) in [6, 6.07) is 12.6. The van der Waals surface area contributed by atoms with E-state index in [0.29, 0.717) is 10.6 Å². The molecule has 0 heterocycles. The Kier molecular flexibility index (Phi) is 7.12. The molecule has 144 valence electrons. The summed E-state index contributed by atoms with van der Waals surface area (Å²) < 4.78 is 31.7. The van der Waals surface area contributed by atoms with Gasteiger partial charge in [0, 0.05) is 17.1 Å². The SMILES string of the molecule is Cc1ccc(S(=O)(=O)NCCC(=O)OC(C)C(=O)c2ccc(Cl)cc2)cc1. The van der Waals surface area contributed by atoms with E-state index in [1.54, 1.807) is 36.4 Å². The zero-order chi connectivity index (χ0) is 20.0. The third-order valence-electron chi connectivity index (χ3n) is 3.76. The van der Waals surface area contributed by atoms with Crippen molar-refractivity contribution < 1.29 is 22.7 Å². The number of ketones is 1. The van der Waals surface area contributed by atoms with Crippen LogP contribution in [0.25, 0.3) is 0 Å². The third-order valence-corrected chi connectivity index (χ3v) is 5.49. The predicted octanol–water partition coefficient (Wildman–Crippen LogP) is 3.13. The number of carbonyl (C=O) groups is 2. The second-order valence-electron chi connectivity index (χ2n) is 5.96. The van der Waals surface area contributed by atoms with Crippen LogP contribution in [0.15, 0.2) is 53.4 Å². The highest BCUT2D eigenvalue weighted by Crippen LogP contribution is 2.13. The number of ether oxygens (including phenoxy) is 1. The van der Waals surface area contributed by atoms with E-state index in [1.165, 1.54) is 19.1 Å². The summed E-state index contributed by atoms with van der Waals surface area (Å²) >= 11 is 5.77. The number of rotatable bonds is 8. The number of esters is 1. The molecule has 2 rings (SSSR count). The van der Waals surface area contributed by atoms with E-state index in [0.717, 1.165) is 5.56 Å². The summed E-state index contributed by atoms with van der Waals surface area (Å²) in [5.41, 5.74) is 1.32. The molecule has 1 atom stereocenters. The molecule has 0 aliphatic heterocycles. The molecule has 0 aliphatic rings. The first-order chi connectivity index (χ1) is 12.7. The molecule has 0 saturated heterocycles. The minimum absolute atomic E-state index is 0.118. The van der Waals surface area contributed by atoms with Crippen LogP contribution < -0.4 is 4.72 Å². The summed E-state index contributed by atoms with van der Waals surface area (Å²) in [6.45, 7) is 3.19. The number of nitrogens with one attached hydrogen (secondary N) is 1. The minimum Gasteiger partial charge on any atom is -0.454 e. The first kappa shape index (κ1) is 21.1. The average molecular weight is 410 g/mol. The van der Waals surface area contributed by atoms with Crippen LogP contribution in [0.5, 0.6) is 0 Å². The van der Waals surface area contributed by atoms with E-state index < -0.39 is 22.1 Å². The van der Waals surface area contributed by atoms with Gasteiger partial charge in [-0.05, 0) is 50.2 Å². The lowest BCUT2D eigenvalue weighted by Crippen LogP contribution is -2.29. The van der Waals surface area contributed by atoms with Gasteiger partial charge in [-0.15, -0.1) is 0 Å². The monoisotopic (exact) mass is 409 g/mol. The third kappa shape index (κ3) is 6.16. The largest absolute Gasteiger partial charge is 0.454 e. The maximum atomic E-state index is 12.2. The van der Waals surface area contributed by atoms with Gasteiger partial charge in [0.15, 0.2) is 6.10 Å². The molecule has 1 N–H and O–H groups in total. The molecule has 0 fully saturated rings. The Morgan fingerprint density at radius 2 is 1.67 bits per heavy atom. The zero-order valence-corrected chi connectivity index (χ0v) is 16.5. The topological polar surface area (TPSA) is 89.5 Å². The maximum absolute atomic E-state index is 12.2. The van der Waals surface area contributed by atoms with Crippen molar-refractivity contribution in [3.05, 3.63) is 64.7 Å². The van der Waals surface area contributed by atoms with Gasteiger partial charge in [-0.1, -0.05) is 29.3 Å². The smallest absolute Gasteiger partial charge is 0.307 e. The first-order valence-electron chi connectivity index (χ1n) is 8.24. The molecule has 0 bridgehead atoms. The molecule has 2 aromatic rings. The first-order valence-corrected chi connectivity index (χ1v) is 10.1. The highest BCUT2D eigenvalue weighted by Gasteiger charge is 2.20. The second kappa shape index (κ2) is 9.12. The Morgan fingerprint density at radius 1 is 1.07 bits per heavy atom. The van der Waals surface area contributed by atoms with Crippen LogP contribution in [0.1, 0.15) is 29.3 Å². The summed E-state index contributed by atoms with van der Waals surface area (Å²) in [4.78, 5) is 24.2.